The summed E-state index contributed by atoms with van der Waals surface area (Å²) in [6.07, 6.45) is 2.73. The molecule has 1 aromatic rings. The molecule has 0 saturated carbocycles. The molecule has 1 aromatic heterocycles. The molecule has 0 bridgehead atoms. The Labute approximate surface area is 106 Å². The first-order valence-electron chi connectivity index (χ1n) is 6.08. The van der Waals surface area contributed by atoms with Gasteiger partial charge < -0.3 is 5.11 Å². The largest absolute Gasteiger partial charge is 0.494 e. The quantitative estimate of drug-likeness (QED) is 0.900. The lowest BCUT2D eigenvalue weighted by molar-refractivity contribution is 0.267. The van der Waals surface area contributed by atoms with E-state index in [1.165, 1.54) is 0 Å². The third-order valence-corrected chi connectivity index (χ3v) is 4.41. The van der Waals surface area contributed by atoms with Crippen molar-refractivity contribution in [2.24, 2.45) is 0 Å². The van der Waals surface area contributed by atoms with Crippen LogP contribution in [0.15, 0.2) is 15.8 Å². The van der Waals surface area contributed by atoms with Gasteiger partial charge in [-0.2, -0.15) is 0 Å². The summed E-state index contributed by atoms with van der Waals surface area (Å²) >= 11 is 1.66. The molecule has 4 heteroatoms. The van der Waals surface area contributed by atoms with Crippen LogP contribution < -0.4 is 5.56 Å². The maximum atomic E-state index is 12.1. The van der Waals surface area contributed by atoms with Crippen LogP contribution in [-0.4, -0.2) is 15.4 Å². The molecule has 1 N–H and O–H groups in total. The molecule has 3 nitrogen and oxygen atoms in total. The number of hydrogen-bond acceptors (Lipinski definition) is 3. The van der Waals surface area contributed by atoms with Gasteiger partial charge in [0.15, 0.2) is 5.88 Å². The van der Waals surface area contributed by atoms with E-state index in [4.69, 9.17) is 0 Å². The van der Waals surface area contributed by atoms with E-state index in [0.29, 0.717) is 0 Å². The Bertz CT molecular complexity index is 491. The zero-order chi connectivity index (χ0) is 12.6. The second-order valence-corrected chi connectivity index (χ2v) is 6.28. The SMILES string of the molecule is CCCC(C)(C)n1c(O)c2c(cc1=O)SCC2. The van der Waals surface area contributed by atoms with Crippen LogP contribution in [0.2, 0.25) is 0 Å². The number of hydrogen-bond donors (Lipinski definition) is 1. The normalized spacial score (nSPS) is 15.0. The van der Waals surface area contributed by atoms with Crippen molar-refractivity contribution in [1.82, 2.24) is 4.57 Å². The molecule has 2 heterocycles. The fraction of sp³-hybridized carbons (Fsp3) is 0.615. The van der Waals surface area contributed by atoms with Crippen LogP contribution in [0.3, 0.4) is 0 Å². The summed E-state index contributed by atoms with van der Waals surface area (Å²) in [4.78, 5) is 13.1. The zero-order valence-electron chi connectivity index (χ0n) is 10.6. The summed E-state index contributed by atoms with van der Waals surface area (Å²) in [7, 11) is 0. The van der Waals surface area contributed by atoms with Gasteiger partial charge in [-0.1, -0.05) is 13.3 Å². The van der Waals surface area contributed by atoms with Crippen LogP contribution in [0.5, 0.6) is 5.88 Å². The molecule has 1 aliphatic rings. The second kappa shape index (κ2) is 4.41. The molecule has 0 aliphatic carbocycles. The van der Waals surface area contributed by atoms with E-state index in [9.17, 15) is 9.90 Å². The monoisotopic (exact) mass is 253 g/mol. The smallest absolute Gasteiger partial charge is 0.254 e. The topological polar surface area (TPSA) is 42.2 Å². The van der Waals surface area contributed by atoms with Crippen molar-refractivity contribution in [3.05, 3.63) is 22.0 Å². The molecule has 17 heavy (non-hydrogen) atoms. The van der Waals surface area contributed by atoms with Gasteiger partial charge in [0.1, 0.15) is 0 Å². The lowest BCUT2D eigenvalue weighted by Crippen LogP contribution is -2.36. The van der Waals surface area contributed by atoms with Crippen LogP contribution in [0.4, 0.5) is 0 Å². The summed E-state index contributed by atoms with van der Waals surface area (Å²) in [6, 6.07) is 1.67. The van der Waals surface area contributed by atoms with Crippen molar-refractivity contribution in [3.8, 4) is 5.88 Å². The third kappa shape index (κ3) is 2.10. The average molecular weight is 253 g/mol. The van der Waals surface area contributed by atoms with Gasteiger partial charge in [-0.3, -0.25) is 9.36 Å². The molecule has 1 aliphatic heterocycles. The number of fused-ring (bicyclic) bond motifs is 1. The van der Waals surface area contributed by atoms with Crippen LogP contribution >= 0.6 is 11.8 Å². The first-order chi connectivity index (χ1) is 7.97. The number of rotatable bonds is 3. The number of pyridine rings is 1. The number of aromatic nitrogens is 1. The van der Waals surface area contributed by atoms with Gasteiger partial charge in [-0.25, -0.2) is 0 Å². The highest BCUT2D eigenvalue weighted by Crippen LogP contribution is 2.37. The molecule has 0 fully saturated rings. The Morgan fingerprint density at radius 2 is 2.24 bits per heavy atom. The lowest BCUT2D eigenvalue weighted by atomic mass is 9.97. The number of thioether (sulfide) groups is 1. The Balaban J connectivity index is 2.59. The highest BCUT2D eigenvalue weighted by atomic mass is 32.2. The van der Waals surface area contributed by atoms with E-state index in [1.807, 2.05) is 13.8 Å². The Morgan fingerprint density at radius 3 is 2.88 bits per heavy atom. The van der Waals surface area contributed by atoms with Gasteiger partial charge in [0.25, 0.3) is 5.56 Å². The minimum atomic E-state index is -0.321. The molecule has 0 atom stereocenters. The minimum Gasteiger partial charge on any atom is -0.494 e. The number of nitrogens with zero attached hydrogens (tertiary/aromatic N) is 1. The molecular formula is C13H19NO2S. The summed E-state index contributed by atoms with van der Waals surface area (Å²) in [5.41, 5.74) is 0.533. The predicted molar refractivity (Wildman–Crippen MR) is 71.0 cm³/mol. The van der Waals surface area contributed by atoms with Gasteiger partial charge >= 0.3 is 0 Å². The standard InChI is InChI=1S/C13H19NO2S/c1-4-6-13(2,3)14-11(15)8-10-9(12(14)16)5-7-17-10/h8,16H,4-7H2,1-3H3. The zero-order valence-corrected chi connectivity index (χ0v) is 11.4. The second-order valence-electron chi connectivity index (χ2n) is 5.15. The predicted octanol–water partition coefficient (Wildman–Crippen LogP) is 2.74. The first kappa shape index (κ1) is 12.6. The van der Waals surface area contributed by atoms with Crippen LogP contribution in [0, 0.1) is 0 Å². The van der Waals surface area contributed by atoms with Gasteiger partial charge in [0, 0.05) is 27.8 Å². The molecule has 94 valence electrons. The molecule has 0 saturated heterocycles. The lowest BCUT2D eigenvalue weighted by Gasteiger charge is -2.29. The van der Waals surface area contributed by atoms with Crippen molar-refractivity contribution in [1.29, 1.82) is 0 Å². The van der Waals surface area contributed by atoms with Gasteiger partial charge in [0.05, 0.1) is 0 Å². The third-order valence-electron chi connectivity index (χ3n) is 3.33. The van der Waals surface area contributed by atoms with Crippen molar-refractivity contribution in [2.45, 2.75) is 50.5 Å². The molecule has 0 spiro atoms. The molecular weight excluding hydrogens is 234 g/mol. The fourth-order valence-corrected chi connectivity index (χ4v) is 3.63. The van der Waals surface area contributed by atoms with E-state index >= 15 is 0 Å². The van der Waals surface area contributed by atoms with Crippen LogP contribution in [-0.2, 0) is 12.0 Å². The summed E-state index contributed by atoms with van der Waals surface area (Å²) in [5, 5.41) is 10.3. The molecule has 0 unspecified atom stereocenters. The Hall–Kier alpha value is -0.900. The first-order valence-corrected chi connectivity index (χ1v) is 7.07. The van der Waals surface area contributed by atoms with E-state index in [1.54, 1.807) is 22.4 Å². The van der Waals surface area contributed by atoms with Gasteiger partial charge in [-0.05, 0) is 26.7 Å². The molecule has 2 rings (SSSR count). The van der Waals surface area contributed by atoms with Crippen molar-refractivity contribution >= 4 is 11.8 Å². The molecule has 0 radical (unpaired) electrons. The van der Waals surface area contributed by atoms with Crippen molar-refractivity contribution in [2.75, 3.05) is 5.75 Å². The highest BCUT2D eigenvalue weighted by Gasteiger charge is 2.28. The summed E-state index contributed by atoms with van der Waals surface area (Å²) < 4.78 is 1.56. The van der Waals surface area contributed by atoms with Crippen molar-refractivity contribution in [3.63, 3.8) is 0 Å². The Morgan fingerprint density at radius 1 is 1.53 bits per heavy atom. The minimum absolute atomic E-state index is 0.0888. The van der Waals surface area contributed by atoms with E-state index in [-0.39, 0.29) is 17.0 Å². The summed E-state index contributed by atoms with van der Waals surface area (Å²) in [6.45, 7) is 6.10. The average Bonchev–Trinajstić information content (AvgIpc) is 2.64. The summed E-state index contributed by atoms with van der Waals surface area (Å²) in [5.74, 6) is 1.14. The number of aromatic hydroxyl groups is 1. The maximum Gasteiger partial charge on any atom is 0.254 e. The molecule has 0 amide bonds. The fourth-order valence-electron chi connectivity index (χ4n) is 2.55. The van der Waals surface area contributed by atoms with Crippen molar-refractivity contribution < 1.29 is 5.11 Å². The maximum absolute atomic E-state index is 12.1. The highest BCUT2D eigenvalue weighted by molar-refractivity contribution is 7.99. The van der Waals surface area contributed by atoms with E-state index < -0.39 is 0 Å². The Kier molecular flexibility index (Phi) is 3.25. The van der Waals surface area contributed by atoms with Crippen LogP contribution in [0.25, 0.3) is 0 Å². The van der Waals surface area contributed by atoms with Crippen LogP contribution in [0.1, 0.15) is 39.2 Å². The van der Waals surface area contributed by atoms with E-state index in [2.05, 4.69) is 6.92 Å². The van der Waals surface area contributed by atoms with Gasteiger partial charge in [-0.15, -0.1) is 11.8 Å². The van der Waals surface area contributed by atoms with Gasteiger partial charge in [0.2, 0.25) is 0 Å². The molecule has 0 aromatic carbocycles. The van der Waals surface area contributed by atoms with E-state index in [0.717, 1.165) is 35.5 Å².